The third-order valence-electron chi connectivity index (χ3n) is 4.71. The fourth-order valence-corrected chi connectivity index (χ4v) is 3.33. The van der Waals surface area contributed by atoms with Crippen LogP contribution in [0, 0.1) is 17.8 Å². The Morgan fingerprint density at radius 3 is 2.24 bits per heavy atom. The van der Waals surface area contributed by atoms with Gasteiger partial charge in [-0.1, -0.05) is 18.7 Å². The predicted molar refractivity (Wildman–Crippen MR) is 95.3 cm³/mol. The topological polar surface area (TPSA) is 78.9 Å². The highest BCUT2D eigenvalue weighted by Gasteiger charge is 2.42. The van der Waals surface area contributed by atoms with E-state index in [0.29, 0.717) is 11.8 Å². The Morgan fingerprint density at radius 2 is 1.83 bits per heavy atom. The van der Waals surface area contributed by atoms with Gasteiger partial charge >= 0.3 is 24.1 Å². The molecule has 0 aromatic rings. The molecular weight excluding hydrogens is 393 g/mol. The molecule has 29 heavy (non-hydrogen) atoms. The van der Waals surface area contributed by atoms with E-state index < -0.39 is 29.8 Å². The zero-order valence-corrected chi connectivity index (χ0v) is 16.6. The number of esters is 3. The molecule has 1 saturated heterocycles. The number of ether oxygens (including phenoxy) is 3. The number of carbonyl (C=O) groups excluding carboxylic acids is 3. The minimum atomic E-state index is -4.85. The fourth-order valence-electron chi connectivity index (χ4n) is 3.33. The Labute approximate surface area is 167 Å². The zero-order valence-electron chi connectivity index (χ0n) is 16.6. The monoisotopic (exact) mass is 418 g/mol. The Balaban J connectivity index is 0.000000207. The summed E-state index contributed by atoms with van der Waals surface area (Å²) in [5, 5.41) is 0. The molecule has 2 aliphatic carbocycles. The van der Waals surface area contributed by atoms with Crippen molar-refractivity contribution in [2.24, 2.45) is 17.8 Å². The molecule has 162 valence electrons. The van der Waals surface area contributed by atoms with Gasteiger partial charge in [-0.3, -0.25) is 4.79 Å². The molecule has 9 heteroatoms. The quantitative estimate of drug-likeness (QED) is 0.302. The van der Waals surface area contributed by atoms with Gasteiger partial charge in [0.2, 0.25) is 6.10 Å². The van der Waals surface area contributed by atoms with Crippen molar-refractivity contribution in [3.8, 4) is 0 Å². The average Bonchev–Trinajstić information content (AvgIpc) is 3.30. The molecule has 2 fully saturated rings. The number of hydrogen-bond donors (Lipinski definition) is 0. The molecule has 1 heterocycles. The number of rotatable bonds is 3. The summed E-state index contributed by atoms with van der Waals surface area (Å²) < 4.78 is 49.9. The molecule has 1 aliphatic heterocycles. The van der Waals surface area contributed by atoms with E-state index in [1.165, 1.54) is 0 Å². The third-order valence-corrected chi connectivity index (χ3v) is 4.71. The second-order valence-electron chi connectivity index (χ2n) is 8.25. The maximum Gasteiger partial charge on any atom is 0.422 e. The molecule has 3 aliphatic rings. The van der Waals surface area contributed by atoms with Gasteiger partial charge < -0.3 is 14.2 Å². The van der Waals surface area contributed by atoms with Crippen molar-refractivity contribution in [2.45, 2.75) is 57.9 Å². The van der Waals surface area contributed by atoms with Crippen LogP contribution in [0.1, 0.15) is 40.0 Å². The molecule has 6 nitrogen and oxygen atoms in total. The SMILES string of the molecule is C=C(C(=O)OC1CCOC1=O)C(F)(F)F.CC(C)(C)OC(=O)C1CC2C=CC1C2. The minimum Gasteiger partial charge on any atom is -0.463 e. The van der Waals surface area contributed by atoms with Crippen molar-refractivity contribution in [2.75, 3.05) is 6.61 Å². The van der Waals surface area contributed by atoms with Crippen molar-refractivity contribution < 1.29 is 41.8 Å². The minimum absolute atomic E-state index is 0.00523. The summed E-state index contributed by atoms with van der Waals surface area (Å²) in [4.78, 5) is 33.4. The zero-order chi connectivity index (χ0) is 22.0. The van der Waals surface area contributed by atoms with E-state index in [9.17, 15) is 27.6 Å². The molecule has 4 unspecified atom stereocenters. The number of cyclic esters (lactones) is 1. The van der Waals surface area contributed by atoms with Crippen LogP contribution in [-0.4, -0.2) is 42.4 Å². The van der Waals surface area contributed by atoms with Crippen LogP contribution in [0.25, 0.3) is 0 Å². The van der Waals surface area contributed by atoms with E-state index in [1.54, 1.807) is 0 Å². The van der Waals surface area contributed by atoms with E-state index in [2.05, 4.69) is 28.2 Å². The van der Waals surface area contributed by atoms with Crippen LogP contribution in [0.3, 0.4) is 0 Å². The van der Waals surface area contributed by atoms with E-state index in [1.807, 2.05) is 20.8 Å². The molecule has 0 aromatic heterocycles. The van der Waals surface area contributed by atoms with Gasteiger partial charge in [-0.15, -0.1) is 0 Å². The van der Waals surface area contributed by atoms with Crippen LogP contribution in [0.15, 0.2) is 24.3 Å². The van der Waals surface area contributed by atoms with E-state index in [4.69, 9.17) is 4.74 Å². The molecule has 2 bridgehead atoms. The maximum absolute atomic E-state index is 12.0. The highest BCUT2D eigenvalue weighted by atomic mass is 19.4. The summed E-state index contributed by atoms with van der Waals surface area (Å²) in [5.41, 5.74) is -1.98. The van der Waals surface area contributed by atoms with Gasteiger partial charge in [-0.05, 0) is 45.4 Å². The third kappa shape index (κ3) is 6.33. The second-order valence-corrected chi connectivity index (χ2v) is 8.25. The van der Waals surface area contributed by atoms with Crippen molar-refractivity contribution in [1.29, 1.82) is 0 Å². The smallest absolute Gasteiger partial charge is 0.422 e. The highest BCUT2D eigenvalue weighted by Crippen LogP contribution is 2.44. The van der Waals surface area contributed by atoms with Gasteiger partial charge in [-0.2, -0.15) is 13.2 Å². The summed E-state index contributed by atoms with van der Waals surface area (Å²) in [6, 6.07) is 0. The standard InChI is InChI=1S/C12H18O2.C8H7F3O4/c1-12(2,3)14-11(13)10-7-8-4-5-9(10)6-8;1-4(8(9,10)11)6(12)15-5-2-3-14-7(5)13/h4-5,8-10H,6-7H2,1-3H3;5H,1-3H2. The molecule has 0 spiro atoms. The number of hydrogen-bond acceptors (Lipinski definition) is 6. The first-order valence-electron chi connectivity index (χ1n) is 9.33. The molecule has 0 amide bonds. The van der Waals surface area contributed by atoms with Crippen LogP contribution in [0.2, 0.25) is 0 Å². The van der Waals surface area contributed by atoms with E-state index in [0.717, 1.165) is 12.8 Å². The summed E-state index contributed by atoms with van der Waals surface area (Å²) >= 11 is 0. The normalized spacial score (nSPS) is 27.7. The predicted octanol–water partition coefficient (Wildman–Crippen LogP) is 3.50. The van der Waals surface area contributed by atoms with Crippen molar-refractivity contribution >= 4 is 17.9 Å². The lowest BCUT2D eigenvalue weighted by Crippen LogP contribution is -2.30. The largest absolute Gasteiger partial charge is 0.463 e. The molecule has 3 rings (SSSR count). The number of carbonyl (C=O) groups is 3. The summed E-state index contributed by atoms with van der Waals surface area (Å²) in [6.07, 6.45) is 0.542. The number of alkyl halides is 3. The molecule has 0 aromatic carbocycles. The number of fused-ring (bicyclic) bond motifs is 2. The lowest BCUT2D eigenvalue weighted by Gasteiger charge is -2.24. The summed E-state index contributed by atoms with van der Waals surface area (Å²) in [6.45, 7) is 8.35. The van der Waals surface area contributed by atoms with Crippen molar-refractivity contribution in [3.05, 3.63) is 24.3 Å². The molecular formula is C20H25F3O6. The van der Waals surface area contributed by atoms with Crippen LogP contribution in [0.4, 0.5) is 13.2 Å². The van der Waals surface area contributed by atoms with Gasteiger partial charge in [0.05, 0.1) is 12.5 Å². The van der Waals surface area contributed by atoms with Crippen molar-refractivity contribution in [3.63, 3.8) is 0 Å². The fraction of sp³-hybridized carbons (Fsp3) is 0.650. The lowest BCUT2D eigenvalue weighted by molar-refractivity contribution is -0.163. The molecule has 1 saturated carbocycles. The van der Waals surface area contributed by atoms with Crippen molar-refractivity contribution in [1.82, 2.24) is 0 Å². The number of allylic oxidation sites excluding steroid dienone is 2. The molecule has 0 N–H and O–H groups in total. The molecule has 0 radical (unpaired) electrons. The van der Waals surface area contributed by atoms with Crippen LogP contribution in [0.5, 0.6) is 0 Å². The Bertz CT molecular complexity index is 704. The van der Waals surface area contributed by atoms with Gasteiger partial charge in [0.15, 0.2) is 0 Å². The Morgan fingerprint density at radius 1 is 1.17 bits per heavy atom. The van der Waals surface area contributed by atoms with E-state index in [-0.39, 0.29) is 30.5 Å². The lowest BCUT2D eigenvalue weighted by atomic mass is 9.93. The number of halogens is 3. The summed E-state index contributed by atoms with van der Waals surface area (Å²) in [7, 11) is 0. The van der Waals surface area contributed by atoms with Gasteiger partial charge in [0.1, 0.15) is 11.2 Å². The maximum atomic E-state index is 12.0. The molecule has 4 atom stereocenters. The van der Waals surface area contributed by atoms with Crippen LogP contribution < -0.4 is 0 Å². The summed E-state index contributed by atoms with van der Waals surface area (Å²) in [5.74, 6) is -1.27. The highest BCUT2D eigenvalue weighted by molar-refractivity contribution is 5.91. The van der Waals surface area contributed by atoms with Gasteiger partial charge in [0, 0.05) is 6.42 Å². The first-order chi connectivity index (χ1) is 13.3. The first kappa shape index (κ1) is 23.0. The average molecular weight is 418 g/mol. The Kier molecular flexibility index (Phi) is 6.80. The second kappa shape index (κ2) is 8.59. The van der Waals surface area contributed by atoms with Crippen LogP contribution in [-0.2, 0) is 28.6 Å². The van der Waals surface area contributed by atoms with E-state index >= 15 is 0 Å². The first-order valence-corrected chi connectivity index (χ1v) is 9.33. The van der Waals surface area contributed by atoms with Gasteiger partial charge in [-0.25, -0.2) is 9.59 Å². The van der Waals surface area contributed by atoms with Crippen LogP contribution >= 0.6 is 0 Å². The Hall–Kier alpha value is -2.32. The van der Waals surface area contributed by atoms with Gasteiger partial charge in [0.25, 0.3) is 0 Å².